The molecule has 0 aliphatic heterocycles. The SMILES string of the molecule is COc1ccc2c(C[C@@H](NC(=O)c3ccc(C(C)(C)C)cc3)C(N)=O)cc(=O)oc2c1. The van der Waals surface area contributed by atoms with Crippen molar-refractivity contribution in [3.63, 3.8) is 0 Å². The van der Waals surface area contributed by atoms with Crippen molar-refractivity contribution >= 4 is 22.8 Å². The molecule has 7 heteroatoms. The van der Waals surface area contributed by atoms with Crippen LogP contribution in [0.3, 0.4) is 0 Å². The van der Waals surface area contributed by atoms with Gasteiger partial charge >= 0.3 is 5.63 Å². The highest BCUT2D eigenvalue weighted by Gasteiger charge is 2.22. The Hall–Kier alpha value is -3.61. The third-order valence-corrected chi connectivity index (χ3v) is 5.12. The molecule has 1 heterocycles. The van der Waals surface area contributed by atoms with E-state index in [1.54, 1.807) is 30.3 Å². The fourth-order valence-corrected chi connectivity index (χ4v) is 3.31. The Morgan fingerprint density at radius 3 is 2.35 bits per heavy atom. The first-order valence-corrected chi connectivity index (χ1v) is 9.90. The highest BCUT2D eigenvalue weighted by atomic mass is 16.5. The van der Waals surface area contributed by atoms with Gasteiger partial charge in [-0.05, 0) is 40.8 Å². The Morgan fingerprint density at radius 2 is 1.77 bits per heavy atom. The maximum atomic E-state index is 12.7. The number of nitrogens with one attached hydrogen (secondary N) is 1. The molecule has 0 aliphatic carbocycles. The molecule has 0 fully saturated rings. The number of carbonyl (C=O) groups excluding carboxylic acids is 2. The zero-order valence-corrected chi connectivity index (χ0v) is 18.0. The first-order chi connectivity index (χ1) is 14.6. The highest BCUT2D eigenvalue weighted by Crippen LogP contribution is 2.24. The van der Waals surface area contributed by atoms with E-state index in [9.17, 15) is 14.4 Å². The summed E-state index contributed by atoms with van der Waals surface area (Å²) in [6.45, 7) is 6.25. The second kappa shape index (κ2) is 8.63. The molecule has 1 atom stereocenters. The lowest BCUT2D eigenvalue weighted by Gasteiger charge is -2.20. The lowest BCUT2D eigenvalue weighted by molar-refractivity contribution is -0.119. The van der Waals surface area contributed by atoms with Crippen LogP contribution in [0.4, 0.5) is 0 Å². The minimum atomic E-state index is -0.998. The van der Waals surface area contributed by atoms with Gasteiger partial charge in [0.2, 0.25) is 5.91 Å². The molecule has 3 aromatic rings. The summed E-state index contributed by atoms with van der Waals surface area (Å²) in [5.74, 6) is -0.584. The fourth-order valence-electron chi connectivity index (χ4n) is 3.31. The molecule has 0 radical (unpaired) electrons. The third-order valence-electron chi connectivity index (χ3n) is 5.12. The molecule has 3 rings (SSSR count). The normalized spacial score (nSPS) is 12.4. The molecule has 0 aliphatic rings. The van der Waals surface area contributed by atoms with Gasteiger partial charge in [-0.15, -0.1) is 0 Å². The Morgan fingerprint density at radius 1 is 1.10 bits per heavy atom. The van der Waals surface area contributed by atoms with Crippen LogP contribution in [-0.2, 0) is 16.6 Å². The van der Waals surface area contributed by atoms with Gasteiger partial charge in [-0.2, -0.15) is 0 Å². The Balaban J connectivity index is 1.86. The standard InChI is InChI=1S/C24H26N2O5/c1-24(2,3)16-7-5-14(6-8-16)23(29)26-19(22(25)28)11-15-12-21(27)31-20-13-17(30-4)9-10-18(15)20/h5-10,12-13,19H,11H2,1-4H3,(H2,25,28)(H,26,29)/t19-/m1/s1. The quantitative estimate of drug-likeness (QED) is 0.593. The van der Waals surface area contributed by atoms with Crippen LogP contribution in [0.15, 0.2) is 57.7 Å². The number of hydrogen-bond acceptors (Lipinski definition) is 5. The molecule has 2 aromatic carbocycles. The number of hydrogen-bond donors (Lipinski definition) is 2. The predicted octanol–water partition coefficient (Wildman–Crippen LogP) is 2.93. The van der Waals surface area contributed by atoms with Crippen LogP contribution in [0.25, 0.3) is 11.0 Å². The molecule has 31 heavy (non-hydrogen) atoms. The fraction of sp³-hybridized carbons (Fsp3) is 0.292. The van der Waals surface area contributed by atoms with E-state index in [1.807, 2.05) is 12.1 Å². The molecular weight excluding hydrogens is 396 g/mol. The Kier molecular flexibility index (Phi) is 6.15. The first kappa shape index (κ1) is 22.1. The average Bonchev–Trinajstić information content (AvgIpc) is 2.71. The van der Waals surface area contributed by atoms with Gasteiger partial charge in [0.25, 0.3) is 5.91 Å². The molecule has 0 unspecified atom stereocenters. The van der Waals surface area contributed by atoms with Gasteiger partial charge in [0, 0.05) is 29.5 Å². The van der Waals surface area contributed by atoms with E-state index < -0.39 is 23.5 Å². The zero-order valence-electron chi connectivity index (χ0n) is 18.0. The molecule has 0 bridgehead atoms. The van der Waals surface area contributed by atoms with Gasteiger partial charge in [0.05, 0.1) is 7.11 Å². The smallest absolute Gasteiger partial charge is 0.336 e. The number of ether oxygens (including phenoxy) is 1. The molecule has 1 aromatic heterocycles. The maximum absolute atomic E-state index is 12.7. The second-order valence-electron chi connectivity index (χ2n) is 8.41. The van der Waals surface area contributed by atoms with E-state index in [-0.39, 0.29) is 11.8 Å². The molecule has 2 amide bonds. The predicted molar refractivity (Wildman–Crippen MR) is 118 cm³/mol. The summed E-state index contributed by atoms with van der Waals surface area (Å²) < 4.78 is 10.4. The number of amides is 2. The highest BCUT2D eigenvalue weighted by molar-refractivity contribution is 5.97. The van der Waals surface area contributed by atoms with E-state index in [4.69, 9.17) is 14.9 Å². The summed E-state index contributed by atoms with van der Waals surface area (Å²) in [4.78, 5) is 36.8. The first-order valence-electron chi connectivity index (χ1n) is 9.90. The van der Waals surface area contributed by atoms with Gasteiger partial charge < -0.3 is 20.2 Å². The summed E-state index contributed by atoms with van der Waals surface area (Å²) in [5, 5.41) is 3.31. The van der Waals surface area contributed by atoms with Crippen LogP contribution < -0.4 is 21.4 Å². The maximum Gasteiger partial charge on any atom is 0.336 e. The summed E-state index contributed by atoms with van der Waals surface area (Å²) >= 11 is 0. The number of rotatable bonds is 6. The van der Waals surface area contributed by atoms with Crippen LogP contribution in [0, 0.1) is 0 Å². The number of carbonyl (C=O) groups is 2. The lowest BCUT2D eigenvalue weighted by Crippen LogP contribution is -2.46. The van der Waals surface area contributed by atoms with Crippen molar-refractivity contribution in [2.45, 2.75) is 38.6 Å². The second-order valence-corrected chi connectivity index (χ2v) is 8.41. The van der Waals surface area contributed by atoms with E-state index in [1.165, 1.54) is 13.2 Å². The van der Waals surface area contributed by atoms with Crippen LogP contribution in [0.1, 0.15) is 42.3 Å². The van der Waals surface area contributed by atoms with Crippen LogP contribution in [0.5, 0.6) is 5.75 Å². The van der Waals surface area contributed by atoms with Gasteiger partial charge in [-0.25, -0.2) is 4.79 Å². The van der Waals surface area contributed by atoms with Gasteiger partial charge in [0.1, 0.15) is 17.4 Å². The van der Waals surface area contributed by atoms with E-state index in [2.05, 4.69) is 26.1 Å². The molecular formula is C24H26N2O5. The number of methoxy groups -OCH3 is 1. The minimum Gasteiger partial charge on any atom is -0.497 e. The molecule has 162 valence electrons. The average molecular weight is 422 g/mol. The van der Waals surface area contributed by atoms with Crippen LogP contribution in [-0.4, -0.2) is 25.0 Å². The molecule has 3 N–H and O–H groups in total. The number of primary amides is 1. The van der Waals surface area contributed by atoms with Crippen LogP contribution >= 0.6 is 0 Å². The number of nitrogens with two attached hydrogens (primary N) is 1. The van der Waals surface area contributed by atoms with Crippen molar-refractivity contribution < 1.29 is 18.7 Å². The Bertz CT molecular complexity index is 1170. The summed E-state index contributed by atoms with van der Waals surface area (Å²) in [7, 11) is 1.51. The van der Waals surface area contributed by atoms with Crippen molar-refractivity contribution in [3.05, 3.63) is 75.6 Å². The van der Waals surface area contributed by atoms with Gasteiger partial charge in [0.15, 0.2) is 0 Å². The monoisotopic (exact) mass is 422 g/mol. The number of fused-ring (bicyclic) bond motifs is 1. The largest absolute Gasteiger partial charge is 0.497 e. The van der Waals surface area contributed by atoms with E-state index >= 15 is 0 Å². The lowest BCUT2D eigenvalue weighted by atomic mass is 9.86. The zero-order chi connectivity index (χ0) is 22.8. The van der Waals surface area contributed by atoms with Crippen molar-refractivity contribution in [1.82, 2.24) is 5.32 Å². The van der Waals surface area contributed by atoms with Crippen molar-refractivity contribution in [2.24, 2.45) is 5.73 Å². The Labute approximate surface area is 180 Å². The van der Waals surface area contributed by atoms with Gasteiger partial charge in [-0.1, -0.05) is 32.9 Å². The molecule has 0 spiro atoms. The van der Waals surface area contributed by atoms with Crippen LogP contribution in [0.2, 0.25) is 0 Å². The van der Waals surface area contributed by atoms with E-state index in [0.29, 0.717) is 27.8 Å². The summed E-state index contributed by atoms with van der Waals surface area (Å²) in [6, 6.07) is 12.6. The van der Waals surface area contributed by atoms with Crippen molar-refractivity contribution in [1.29, 1.82) is 0 Å². The topological polar surface area (TPSA) is 112 Å². The van der Waals surface area contributed by atoms with Gasteiger partial charge in [-0.3, -0.25) is 9.59 Å². The minimum absolute atomic E-state index is 0.0388. The van der Waals surface area contributed by atoms with Crippen molar-refractivity contribution in [3.8, 4) is 5.75 Å². The van der Waals surface area contributed by atoms with Crippen molar-refractivity contribution in [2.75, 3.05) is 7.11 Å². The van der Waals surface area contributed by atoms with E-state index in [0.717, 1.165) is 5.56 Å². The molecule has 0 saturated carbocycles. The third kappa shape index (κ3) is 5.12. The molecule has 7 nitrogen and oxygen atoms in total. The number of benzene rings is 2. The summed E-state index contributed by atoms with van der Waals surface area (Å²) in [6.07, 6.45) is 0.0512. The molecule has 0 saturated heterocycles. The summed E-state index contributed by atoms with van der Waals surface area (Å²) in [5.41, 5.74) is 7.32.